The zero-order valence-electron chi connectivity index (χ0n) is 10.5. The average molecular weight is 270 g/mol. The second kappa shape index (κ2) is 7.84. The molecule has 6 heteroatoms. The average Bonchev–Trinajstić information content (AvgIpc) is 2.42. The normalized spacial score (nSPS) is 11.6. The smallest absolute Gasteiger partial charge is 0.173 e. The van der Waals surface area contributed by atoms with Gasteiger partial charge in [-0.3, -0.25) is 0 Å². The molecule has 0 heterocycles. The molecule has 0 saturated carbocycles. The first kappa shape index (κ1) is 14.7. The third-order valence-electron chi connectivity index (χ3n) is 2.35. The van der Waals surface area contributed by atoms with Crippen LogP contribution in [0, 0.1) is 0 Å². The molecule has 0 saturated heterocycles. The standard InChI is InChI=1S/C12H18N2O3S/c1-16-5-6-18-8-9-3-4-10(12(13)14-15)11(7-9)17-2/h3-4,7,15H,5-6,8H2,1-2H3,(H2,13,14). The summed E-state index contributed by atoms with van der Waals surface area (Å²) < 4.78 is 10.2. The molecule has 1 aromatic carbocycles. The summed E-state index contributed by atoms with van der Waals surface area (Å²) in [5.41, 5.74) is 7.27. The van der Waals surface area contributed by atoms with E-state index in [1.807, 2.05) is 12.1 Å². The van der Waals surface area contributed by atoms with Gasteiger partial charge in [-0.25, -0.2) is 0 Å². The number of ether oxygens (including phenoxy) is 2. The number of hydrogen-bond donors (Lipinski definition) is 2. The Kier molecular flexibility index (Phi) is 6.38. The number of amidine groups is 1. The maximum atomic E-state index is 8.67. The van der Waals surface area contributed by atoms with E-state index < -0.39 is 0 Å². The summed E-state index contributed by atoms with van der Waals surface area (Å²) in [6.07, 6.45) is 0. The molecule has 0 fully saturated rings. The Labute approximate surface area is 111 Å². The highest BCUT2D eigenvalue weighted by atomic mass is 32.2. The van der Waals surface area contributed by atoms with E-state index in [2.05, 4.69) is 5.16 Å². The molecule has 0 aliphatic heterocycles. The summed E-state index contributed by atoms with van der Waals surface area (Å²) in [7, 11) is 3.25. The van der Waals surface area contributed by atoms with Crippen LogP contribution in [0.4, 0.5) is 0 Å². The fourth-order valence-corrected chi connectivity index (χ4v) is 2.27. The SMILES string of the molecule is COCCSCc1ccc(/C(N)=N/O)c(OC)c1. The highest BCUT2D eigenvalue weighted by Gasteiger charge is 2.08. The van der Waals surface area contributed by atoms with Gasteiger partial charge in [-0.1, -0.05) is 11.2 Å². The van der Waals surface area contributed by atoms with E-state index in [1.165, 1.54) is 0 Å². The fourth-order valence-electron chi connectivity index (χ4n) is 1.42. The van der Waals surface area contributed by atoms with Crippen LogP contribution in [-0.2, 0) is 10.5 Å². The maximum Gasteiger partial charge on any atom is 0.173 e. The van der Waals surface area contributed by atoms with E-state index in [0.717, 1.165) is 23.7 Å². The van der Waals surface area contributed by atoms with Gasteiger partial charge in [0.1, 0.15) is 5.75 Å². The molecule has 3 N–H and O–H groups in total. The number of rotatable bonds is 7. The number of benzene rings is 1. The zero-order valence-corrected chi connectivity index (χ0v) is 11.4. The molecule has 0 unspecified atom stereocenters. The maximum absolute atomic E-state index is 8.67. The van der Waals surface area contributed by atoms with Crippen molar-refractivity contribution in [2.75, 3.05) is 26.6 Å². The first-order chi connectivity index (χ1) is 8.72. The number of nitrogens with zero attached hydrogens (tertiary/aromatic N) is 1. The van der Waals surface area contributed by atoms with Gasteiger partial charge in [0.05, 0.1) is 19.3 Å². The largest absolute Gasteiger partial charge is 0.496 e. The molecule has 0 aliphatic rings. The molecule has 0 aliphatic carbocycles. The molecule has 0 bridgehead atoms. The Hall–Kier alpha value is -1.40. The quantitative estimate of drug-likeness (QED) is 0.259. The van der Waals surface area contributed by atoms with Gasteiger partial charge in [0, 0.05) is 18.6 Å². The Morgan fingerprint density at radius 1 is 1.44 bits per heavy atom. The molecular formula is C12H18N2O3S. The first-order valence-electron chi connectivity index (χ1n) is 5.44. The lowest BCUT2D eigenvalue weighted by Crippen LogP contribution is -2.14. The van der Waals surface area contributed by atoms with Crippen LogP contribution in [-0.4, -0.2) is 37.6 Å². The molecule has 0 spiro atoms. The van der Waals surface area contributed by atoms with E-state index in [-0.39, 0.29) is 5.84 Å². The molecule has 100 valence electrons. The van der Waals surface area contributed by atoms with E-state index in [1.54, 1.807) is 32.0 Å². The van der Waals surface area contributed by atoms with E-state index >= 15 is 0 Å². The Balaban J connectivity index is 2.73. The highest BCUT2D eigenvalue weighted by molar-refractivity contribution is 7.98. The Morgan fingerprint density at radius 3 is 2.83 bits per heavy atom. The Bertz CT molecular complexity index is 410. The molecule has 18 heavy (non-hydrogen) atoms. The summed E-state index contributed by atoms with van der Waals surface area (Å²) in [5, 5.41) is 11.6. The van der Waals surface area contributed by atoms with E-state index in [0.29, 0.717) is 11.3 Å². The van der Waals surface area contributed by atoms with Gasteiger partial charge >= 0.3 is 0 Å². The zero-order chi connectivity index (χ0) is 13.4. The van der Waals surface area contributed by atoms with Gasteiger partial charge in [0.2, 0.25) is 0 Å². The minimum atomic E-state index is 0.0467. The van der Waals surface area contributed by atoms with Crippen LogP contribution < -0.4 is 10.5 Å². The van der Waals surface area contributed by atoms with Crippen LogP contribution in [0.5, 0.6) is 5.75 Å². The summed E-state index contributed by atoms with van der Waals surface area (Å²) in [6.45, 7) is 0.740. The van der Waals surface area contributed by atoms with Crippen molar-refractivity contribution in [3.05, 3.63) is 29.3 Å². The first-order valence-corrected chi connectivity index (χ1v) is 6.60. The lowest BCUT2D eigenvalue weighted by molar-refractivity contribution is 0.218. The van der Waals surface area contributed by atoms with Gasteiger partial charge < -0.3 is 20.4 Å². The summed E-state index contributed by atoms with van der Waals surface area (Å²) in [6, 6.07) is 5.63. The molecule has 0 atom stereocenters. The van der Waals surface area contributed by atoms with Gasteiger partial charge in [0.15, 0.2) is 5.84 Å². The van der Waals surface area contributed by atoms with Crippen LogP contribution in [0.15, 0.2) is 23.4 Å². The van der Waals surface area contributed by atoms with E-state index in [4.69, 9.17) is 20.4 Å². The molecule has 1 aromatic rings. The third-order valence-corrected chi connectivity index (χ3v) is 3.34. The predicted molar refractivity (Wildman–Crippen MR) is 73.5 cm³/mol. The minimum Gasteiger partial charge on any atom is -0.496 e. The van der Waals surface area contributed by atoms with Crippen molar-refractivity contribution in [2.24, 2.45) is 10.9 Å². The van der Waals surface area contributed by atoms with Crippen LogP contribution in [0.2, 0.25) is 0 Å². The number of oxime groups is 1. The number of hydrogen-bond acceptors (Lipinski definition) is 5. The molecule has 1 rings (SSSR count). The predicted octanol–water partition coefficient (Wildman–Crippen LogP) is 1.67. The van der Waals surface area contributed by atoms with Crippen LogP contribution in [0.1, 0.15) is 11.1 Å². The van der Waals surface area contributed by atoms with Crippen molar-refractivity contribution in [3.63, 3.8) is 0 Å². The van der Waals surface area contributed by atoms with Gasteiger partial charge in [-0.2, -0.15) is 11.8 Å². The van der Waals surface area contributed by atoms with Crippen molar-refractivity contribution in [3.8, 4) is 5.75 Å². The van der Waals surface area contributed by atoms with Crippen molar-refractivity contribution >= 4 is 17.6 Å². The minimum absolute atomic E-state index is 0.0467. The second-order valence-electron chi connectivity index (χ2n) is 3.57. The highest BCUT2D eigenvalue weighted by Crippen LogP contribution is 2.22. The van der Waals surface area contributed by atoms with Crippen molar-refractivity contribution in [1.82, 2.24) is 0 Å². The Morgan fingerprint density at radius 2 is 2.22 bits per heavy atom. The lowest BCUT2D eigenvalue weighted by atomic mass is 10.1. The summed E-state index contributed by atoms with van der Waals surface area (Å²) in [5.74, 6) is 2.47. The molecular weight excluding hydrogens is 252 g/mol. The van der Waals surface area contributed by atoms with Crippen LogP contribution in [0.3, 0.4) is 0 Å². The number of thioether (sulfide) groups is 1. The fraction of sp³-hybridized carbons (Fsp3) is 0.417. The van der Waals surface area contributed by atoms with Gasteiger partial charge in [0.25, 0.3) is 0 Å². The summed E-state index contributed by atoms with van der Waals surface area (Å²) >= 11 is 1.78. The van der Waals surface area contributed by atoms with Crippen LogP contribution in [0.25, 0.3) is 0 Å². The number of methoxy groups -OCH3 is 2. The summed E-state index contributed by atoms with van der Waals surface area (Å²) in [4.78, 5) is 0. The van der Waals surface area contributed by atoms with Gasteiger partial charge in [-0.05, 0) is 17.7 Å². The van der Waals surface area contributed by atoms with Crippen molar-refractivity contribution < 1.29 is 14.7 Å². The van der Waals surface area contributed by atoms with E-state index in [9.17, 15) is 0 Å². The topological polar surface area (TPSA) is 77.1 Å². The van der Waals surface area contributed by atoms with Crippen molar-refractivity contribution in [2.45, 2.75) is 5.75 Å². The molecule has 0 amide bonds. The lowest BCUT2D eigenvalue weighted by Gasteiger charge is -2.09. The molecule has 0 radical (unpaired) electrons. The van der Waals surface area contributed by atoms with Gasteiger partial charge in [-0.15, -0.1) is 0 Å². The van der Waals surface area contributed by atoms with Crippen molar-refractivity contribution in [1.29, 1.82) is 0 Å². The molecule has 0 aromatic heterocycles. The monoisotopic (exact) mass is 270 g/mol. The second-order valence-corrected chi connectivity index (χ2v) is 4.67. The third kappa shape index (κ3) is 4.12. The van der Waals surface area contributed by atoms with Crippen LogP contribution >= 0.6 is 11.8 Å². The molecule has 5 nitrogen and oxygen atoms in total. The number of nitrogens with two attached hydrogens (primary N) is 1.